The third kappa shape index (κ3) is 7.88. The lowest BCUT2D eigenvalue weighted by atomic mass is 9.93. The van der Waals surface area contributed by atoms with Crippen LogP contribution in [0.4, 0.5) is 22.7 Å². The summed E-state index contributed by atoms with van der Waals surface area (Å²) in [5.41, 5.74) is 12.0. The summed E-state index contributed by atoms with van der Waals surface area (Å²) in [7, 11) is -20.1. The van der Waals surface area contributed by atoms with E-state index in [2.05, 4.69) is 21.1 Å². The first-order valence-electron chi connectivity index (χ1n) is 15.4. The summed E-state index contributed by atoms with van der Waals surface area (Å²) in [5, 5.41) is 29.0. The standard InChI is InChI=1S/C32H24N6O16S4/c33-19-11-17(55(43,44)45)5-15-9-25(57(49,50)51)29(31(41)27(15)19)37-35-21-3-1-13(7-23(21)39)14-2-4-22(24(40)8-14)36-38-30-26(58(52,53)54)10-16-6-18(56(46,47)48)12-20(34)28(16)32(30)42/h1-12,35-36,39-40H,33-34H2,(H,43,44,45)(H,46,47,48)(H,49,50,51)(H,52,53,54)/b37-29+,38-30+. The van der Waals surface area contributed by atoms with Crippen LogP contribution < -0.4 is 22.3 Å². The van der Waals surface area contributed by atoms with Crippen LogP contribution in [0.1, 0.15) is 31.8 Å². The van der Waals surface area contributed by atoms with E-state index in [4.69, 9.17) is 11.5 Å². The highest BCUT2D eigenvalue weighted by molar-refractivity contribution is 7.91. The number of carbonyl (C=O) groups is 2. The predicted molar refractivity (Wildman–Crippen MR) is 206 cm³/mol. The monoisotopic (exact) mass is 876 g/mol. The van der Waals surface area contributed by atoms with Crippen LogP contribution in [0.25, 0.3) is 23.3 Å². The van der Waals surface area contributed by atoms with Gasteiger partial charge in [0.25, 0.3) is 40.5 Å². The summed E-state index contributed by atoms with van der Waals surface area (Å²) in [4.78, 5) is 23.0. The molecule has 0 amide bonds. The number of fused-ring (bicyclic) bond motifs is 2. The lowest BCUT2D eigenvalue weighted by Crippen LogP contribution is -2.28. The van der Waals surface area contributed by atoms with Crippen molar-refractivity contribution in [3.63, 3.8) is 0 Å². The third-order valence-electron chi connectivity index (χ3n) is 8.33. The number of nitrogens with zero attached hydrogens (tertiary/aromatic N) is 2. The topological polar surface area (TPSA) is 393 Å². The van der Waals surface area contributed by atoms with Crippen LogP contribution in [0.5, 0.6) is 11.5 Å². The number of hydrogen-bond acceptors (Lipinski definition) is 18. The van der Waals surface area contributed by atoms with Crippen molar-refractivity contribution in [3.05, 3.63) is 92.7 Å². The number of ketones is 2. The van der Waals surface area contributed by atoms with Crippen LogP contribution in [0, 0.1) is 0 Å². The lowest BCUT2D eigenvalue weighted by molar-refractivity contribution is 0.105. The first kappa shape index (κ1) is 41.1. The molecule has 0 radical (unpaired) electrons. The highest BCUT2D eigenvalue weighted by Crippen LogP contribution is 2.37. The molecule has 0 saturated carbocycles. The molecule has 2 aliphatic carbocycles. The van der Waals surface area contributed by atoms with E-state index >= 15 is 0 Å². The van der Waals surface area contributed by atoms with Crippen LogP contribution in [-0.2, 0) is 40.5 Å². The molecule has 58 heavy (non-hydrogen) atoms. The Hall–Kier alpha value is -6.52. The van der Waals surface area contributed by atoms with Gasteiger partial charge in [0.15, 0.2) is 11.4 Å². The van der Waals surface area contributed by atoms with E-state index in [1.54, 1.807) is 0 Å². The quantitative estimate of drug-likeness (QED) is 0.0498. The second-order valence-corrected chi connectivity index (χ2v) is 17.8. The number of carbonyl (C=O) groups excluding carboxylic acids is 2. The zero-order valence-corrected chi connectivity index (χ0v) is 31.6. The van der Waals surface area contributed by atoms with Crippen molar-refractivity contribution in [3.8, 4) is 22.6 Å². The van der Waals surface area contributed by atoms with Crippen molar-refractivity contribution in [2.45, 2.75) is 9.79 Å². The molecule has 302 valence electrons. The summed E-state index contributed by atoms with van der Waals surface area (Å²) in [6.07, 6.45) is 1.40. The Morgan fingerprint density at radius 1 is 0.500 bits per heavy atom. The number of phenols is 2. The van der Waals surface area contributed by atoms with Gasteiger partial charge in [-0.3, -0.25) is 38.7 Å². The van der Waals surface area contributed by atoms with Gasteiger partial charge in [0.2, 0.25) is 11.6 Å². The zero-order chi connectivity index (χ0) is 42.9. The number of aromatic hydroxyl groups is 2. The maximum absolute atomic E-state index is 13.3. The number of nitrogens with two attached hydrogens (primary N) is 2. The van der Waals surface area contributed by atoms with Gasteiger partial charge in [-0.05, 0) is 82.9 Å². The van der Waals surface area contributed by atoms with E-state index in [9.17, 15) is 71.7 Å². The van der Waals surface area contributed by atoms with E-state index in [0.717, 1.165) is 36.4 Å². The molecule has 0 heterocycles. The summed E-state index contributed by atoms with van der Waals surface area (Å²) in [6.45, 7) is 0. The van der Waals surface area contributed by atoms with Gasteiger partial charge in [-0.15, -0.1) is 0 Å². The first-order valence-corrected chi connectivity index (χ1v) is 21.2. The molecule has 26 heteroatoms. The molecule has 2 aliphatic rings. The number of nitrogen functional groups attached to an aromatic ring is 2. The molecule has 0 atom stereocenters. The fraction of sp³-hybridized carbons (Fsp3) is 0. The fourth-order valence-electron chi connectivity index (χ4n) is 5.70. The number of hydrogen-bond donors (Lipinski definition) is 10. The molecule has 22 nitrogen and oxygen atoms in total. The Balaban J connectivity index is 1.27. The van der Waals surface area contributed by atoms with E-state index in [1.165, 1.54) is 24.3 Å². The maximum Gasteiger partial charge on any atom is 0.296 e. The van der Waals surface area contributed by atoms with Crippen molar-refractivity contribution in [2.24, 2.45) is 10.2 Å². The predicted octanol–water partition coefficient (Wildman–Crippen LogP) is 2.21. The van der Waals surface area contributed by atoms with Gasteiger partial charge in [-0.2, -0.15) is 43.9 Å². The molecule has 0 saturated heterocycles. The molecule has 0 spiro atoms. The number of Topliss-reactive ketones (excluding diaryl/α,β-unsaturated/α-hetero) is 2. The summed E-state index contributed by atoms with van der Waals surface area (Å²) in [6, 6.07) is 10.5. The van der Waals surface area contributed by atoms with E-state index < -0.39 is 117 Å². The molecule has 0 aliphatic heterocycles. The maximum atomic E-state index is 13.3. The molecule has 0 fully saturated rings. The molecular weight excluding hydrogens is 853 g/mol. The summed E-state index contributed by atoms with van der Waals surface area (Å²) in [5.74, 6) is -3.44. The number of phenolic OH excluding ortho intramolecular Hbond substituents is 2. The van der Waals surface area contributed by atoms with Gasteiger partial charge < -0.3 is 21.7 Å². The van der Waals surface area contributed by atoms with Crippen LogP contribution in [0.2, 0.25) is 0 Å². The van der Waals surface area contributed by atoms with E-state index in [-0.39, 0.29) is 33.6 Å². The minimum Gasteiger partial charge on any atom is -0.506 e. The molecule has 4 aromatic carbocycles. The van der Waals surface area contributed by atoms with Crippen LogP contribution in [0.15, 0.2) is 90.5 Å². The third-order valence-corrected chi connectivity index (χ3v) is 11.7. The van der Waals surface area contributed by atoms with Crippen molar-refractivity contribution in [1.82, 2.24) is 0 Å². The minimum absolute atomic E-state index is 0.214. The Kier molecular flexibility index (Phi) is 10.0. The Morgan fingerprint density at radius 3 is 1.14 bits per heavy atom. The summed E-state index contributed by atoms with van der Waals surface area (Å²) >= 11 is 0. The van der Waals surface area contributed by atoms with Crippen LogP contribution in [0.3, 0.4) is 0 Å². The smallest absolute Gasteiger partial charge is 0.296 e. The van der Waals surface area contributed by atoms with E-state index in [0.29, 0.717) is 12.2 Å². The second-order valence-electron chi connectivity index (χ2n) is 12.1. The SMILES string of the molecule is Nc1cc(S(=O)(=O)O)cc2c1C(=O)/C(=N/Nc1ccc(-c3ccc(N/N=C4/C(=O)c5c(N)cc(S(=O)(=O)O)cc5C=C4S(=O)(=O)O)c(O)c3)cc1O)C(S(=O)(=O)O)=C2. The van der Waals surface area contributed by atoms with Gasteiger partial charge in [0.1, 0.15) is 21.3 Å². The molecule has 0 unspecified atom stereocenters. The largest absolute Gasteiger partial charge is 0.506 e. The molecule has 12 N–H and O–H groups in total. The normalized spacial score (nSPS) is 16.1. The van der Waals surface area contributed by atoms with Gasteiger partial charge in [0.05, 0.1) is 32.3 Å². The Bertz CT molecular complexity index is 2930. The molecule has 0 aromatic heterocycles. The highest BCUT2D eigenvalue weighted by Gasteiger charge is 2.37. The lowest BCUT2D eigenvalue weighted by Gasteiger charge is -2.19. The number of hydrazone groups is 2. The average Bonchev–Trinajstić information content (AvgIpc) is 3.09. The van der Waals surface area contributed by atoms with Crippen molar-refractivity contribution in [2.75, 3.05) is 22.3 Å². The van der Waals surface area contributed by atoms with Gasteiger partial charge in [-0.25, -0.2) is 0 Å². The molecule has 0 bridgehead atoms. The second kappa shape index (κ2) is 14.1. The van der Waals surface area contributed by atoms with Crippen LogP contribution >= 0.6 is 0 Å². The van der Waals surface area contributed by atoms with Crippen molar-refractivity contribution in [1.29, 1.82) is 0 Å². The highest BCUT2D eigenvalue weighted by atomic mass is 32.2. The molecular formula is C32H24N6O16S4. The number of nitrogens with one attached hydrogen (secondary N) is 2. The van der Waals surface area contributed by atoms with E-state index in [1.807, 2.05) is 0 Å². The minimum atomic E-state index is -5.19. The zero-order valence-electron chi connectivity index (χ0n) is 28.4. The number of benzene rings is 4. The summed E-state index contributed by atoms with van der Waals surface area (Å²) < 4.78 is 134. The average molecular weight is 877 g/mol. The number of allylic oxidation sites excluding steroid dienone is 2. The Labute approximate surface area is 326 Å². The molecule has 4 aromatic rings. The fourth-order valence-corrected chi connectivity index (χ4v) is 8.12. The first-order chi connectivity index (χ1) is 26.8. The van der Waals surface area contributed by atoms with Gasteiger partial charge in [-0.1, -0.05) is 12.1 Å². The van der Waals surface area contributed by atoms with Gasteiger partial charge >= 0.3 is 0 Å². The molecule has 6 rings (SSSR count). The number of rotatable bonds is 9. The number of anilines is 4. The Morgan fingerprint density at radius 2 is 0.845 bits per heavy atom. The van der Waals surface area contributed by atoms with Crippen molar-refractivity contribution >= 4 is 98.4 Å². The van der Waals surface area contributed by atoms with Crippen LogP contribution in [-0.4, -0.2) is 85.1 Å². The van der Waals surface area contributed by atoms with Crippen molar-refractivity contribution < 1.29 is 71.7 Å². The van der Waals surface area contributed by atoms with Gasteiger partial charge in [0, 0.05) is 11.4 Å².